The normalized spacial score (nSPS) is 13.0. The van der Waals surface area contributed by atoms with E-state index in [9.17, 15) is 27.2 Å². The molecule has 198 valence electrons. The van der Waals surface area contributed by atoms with Gasteiger partial charge in [0.2, 0.25) is 11.8 Å². The van der Waals surface area contributed by atoms with Gasteiger partial charge in [0, 0.05) is 17.7 Å². The molecule has 1 aromatic carbocycles. The lowest BCUT2D eigenvalue weighted by molar-refractivity contribution is -0.154. The summed E-state index contributed by atoms with van der Waals surface area (Å²) in [7, 11) is 0. The fourth-order valence-corrected chi connectivity index (χ4v) is 3.06. The van der Waals surface area contributed by atoms with Gasteiger partial charge in [-0.05, 0) is 24.6 Å². The van der Waals surface area contributed by atoms with Crippen molar-refractivity contribution in [2.24, 2.45) is 5.73 Å². The number of alkyl halides is 3. The van der Waals surface area contributed by atoms with E-state index in [2.05, 4.69) is 20.2 Å². The number of hydrogen-bond acceptors (Lipinski definition) is 8. The smallest absolute Gasteiger partial charge is 0.422 e. The van der Waals surface area contributed by atoms with Crippen LogP contribution in [-0.4, -0.2) is 52.5 Å². The van der Waals surface area contributed by atoms with Gasteiger partial charge in [0.1, 0.15) is 23.3 Å². The lowest BCUT2D eigenvalue weighted by atomic mass is 10.1. The number of carbonyl (C=O) groups excluding carboxylic acids is 2. The van der Waals surface area contributed by atoms with Crippen LogP contribution in [0, 0.1) is 5.82 Å². The fourth-order valence-electron chi connectivity index (χ4n) is 3.06. The first kappa shape index (κ1) is 27.4. The number of rotatable bonds is 11. The van der Waals surface area contributed by atoms with Crippen LogP contribution in [0.25, 0.3) is 11.3 Å². The number of ether oxygens (including phenoxy) is 2. The first-order valence-corrected chi connectivity index (χ1v) is 10.8. The minimum Gasteiger partial charge on any atom is -0.481 e. The highest BCUT2D eigenvalue weighted by Crippen LogP contribution is 2.29. The van der Waals surface area contributed by atoms with Crippen molar-refractivity contribution in [2.45, 2.75) is 31.7 Å². The van der Waals surface area contributed by atoms with E-state index in [0.717, 1.165) is 6.07 Å². The lowest BCUT2D eigenvalue weighted by Gasteiger charge is -2.14. The number of halogens is 4. The van der Waals surface area contributed by atoms with Gasteiger partial charge in [0.05, 0.1) is 18.4 Å². The van der Waals surface area contributed by atoms with Crippen molar-refractivity contribution in [3.05, 3.63) is 59.7 Å². The molecule has 2 aromatic heterocycles. The zero-order chi connectivity index (χ0) is 27.2. The summed E-state index contributed by atoms with van der Waals surface area (Å²) in [5, 5.41) is 15.1. The second-order valence-corrected chi connectivity index (χ2v) is 7.67. The van der Waals surface area contributed by atoms with Gasteiger partial charge in [0.25, 0.3) is 5.91 Å². The Kier molecular flexibility index (Phi) is 8.65. The molecule has 10 nitrogen and oxygen atoms in total. The average Bonchev–Trinajstić information content (AvgIpc) is 3.34. The number of hydrogen-bond donors (Lipinski definition) is 3. The molecular weight excluding hydrogens is 504 g/mol. The number of benzene rings is 1. The van der Waals surface area contributed by atoms with Crippen molar-refractivity contribution in [3.8, 4) is 22.9 Å². The molecule has 0 aliphatic rings. The number of primary amides is 1. The molecule has 4 N–H and O–H groups in total. The monoisotopic (exact) mass is 526 g/mol. The van der Waals surface area contributed by atoms with Gasteiger partial charge in [-0.2, -0.15) is 13.2 Å². The molecule has 0 bridgehead atoms. The summed E-state index contributed by atoms with van der Waals surface area (Å²) in [6.45, 7) is -0.420. The Morgan fingerprint density at radius 1 is 1.22 bits per heavy atom. The Morgan fingerprint density at radius 2 is 1.97 bits per heavy atom. The summed E-state index contributed by atoms with van der Waals surface area (Å²) >= 11 is 0. The molecule has 0 saturated heterocycles. The molecule has 2 atom stereocenters. The molecule has 0 aliphatic heterocycles. The van der Waals surface area contributed by atoms with Crippen molar-refractivity contribution < 1.29 is 46.3 Å². The molecule has 3 aromatic rings. The van der Waals surface area contributed by atoms with Crippen LogP contribution in [0.2, 0.25) is 0 Å². The highest BCUT2D eigenvalue weighted by Gasteiger charge is 2.28. The van der Waals surface area contributed by atoms with Crippen molar-refractivity contribution in [1.29, 1.82) is 0 Å². The van der Waals surface area contributed by atoms with Gasteiger partial charge >= 0.3 is 6.18 Å². The Balaban J connectivity index is 1.69. The third-order valence-electron chi connectivity index (χ3n) is 4.93. The number of aliphatic hydroxyl groups is 1. The fraction of sp³-hybridized carbons (Fsp3) is 0.304. The van der Waals surface area contributed by atoms with Crippen molar-refractivity contribution >= 4 is 11.8 Å². The first-order chi connectivity index (χ1) is 17.5. The molecule has 2 amide bonds. The first-order valence-electron chi connectivity index (χ1n) is 10.8. The molecule has 37 heavy (non-hydrogen) atoms. The van der Waals surface area contributed by atoms with Gasteiger partial charge in [-0.3, -0.25) is 9.59 Å². The minimum absolute atomic E-state index is 0.222. The Hall–Kier alpha value is -4.20. The average molecular weight is 526 g/mol. The molecule has 0 spiro atoms. The second kappa shape index (κ2) is 11.7. The SMILES string of the molecule is CCC(Oc1ccc(OCC(F)(F)F)nc1)c1cc(-c2ccc(C(=O)NC(CO)C(N)=O)c(F)c2)no1. The van der Waals surface area contributed by atoms with Crippen LogP contribution in [0.1, 0.15) is 35.6 Å². The summed E-state index contributed by atoms with van der Waals surface area (Å²) in [6, 6.07) is 6.37. The zero-order valence-electron chi connectivity index (χ0n) is 19.3. The number of nitrogens with two attached hydrogens (primary N) is 1. The van der Waals surface area contributed by atoms with E-state index < -0.39 is 49.2 Å². The van der Waals surface area contributed by atoms with E-state index in [-0.39, 0.29) is 34.2 Å². The number of aromatic nitrogens is 2. The highest BCUT2D eigenvalue weighted by molar-refractivity contribution is 5.97. The maximum Gasteiger partial charge on any atom is 0.422 e. The summed E-state index contributed by atoms with van der Waals surface area (Å²) in [5.41, 5.74) is 5.19. The van der Waals surface area contributed by atoms with Crippen LogP contribution in [-0.2, 0) is 4.79 Å². The van der Waals surface area contributed by atoms with Crippen LogP contribution in [0.15, 0.2) is 47.1 Å². The zero-order valence-corrected chi connectivity index (χ0v) is 19.3. The maximum absolute atomic E-state index is 14.6. The minimum atomic E-state index is -4.49. The predicted molar refractivity (Wildman–Crippen MR) is 119 cm³/mol. The summed E-state index contributed by atoms with van der Waals surface area (Å²) in [4.78, 5) is 27.2. The van der Waals surface area contributed by atoms with E-state index in [4.69, 9.17) is 20.1 Å². The molecule has 3 rings (SSSR count). The predicted octanol–water partition coefficient (Wildman–Crippen LogP) is 2.92. The van der Waals surface area contributed by atoms with Crippen molar-refractivity contribution in [3.63, 3.8) is 0 Å². The van der Waals surface area contributed by atoms with Crippen LogP contribution in [0.3, 0.4) is 0 Å². The van der Waals surface area contributed by atoms with Gasteiger partial charge < -0.3 is 30.2 Å². The molecule has 0 aliphatic carbocycles. The number of carbonyl (C=O) groups is 2. The summed E-state index contributed by atoms with van der Waals surface area (Å²) < 4.78 is 67.0. The number of aliphatic hydroxyl groups excluding tert-OH is 1. The topological polar surface area (TPSA) is 150 Å². The van der Waals surface area contributed by atoms with Crippen molar-refractivity contribution in [1.82, 2.24) is 15.5 Å². The van der Waals surface area contributed by atoms with Gasteiger partial charge in [-0.1, -0.05) is 18.1 Å². The third kappa shape index (κ3) is 7.39. The molecule has 0 saturated carbocycles. The number of pyridine rings is 1. The van der Waals surface area contributed by atoms with Crippen LogP contribution >= 0.6 is 0 Å². The van der Waals surface area contributed by atoms with Crippen LogP contribution < -0.4 is 20.5 Å². The van der Waals surface area contributed by atoms with E-state index in [0.29, 0.717) is 6.42 Å². The lowest BCUT2D eigenvalue weighted by Crippen LogP contribution is -2.47. The van der Waals surface area contributed by atoms with E-state index in [1.807, 2.05) is 0 Å². The van der Waals surface area contributed by atoms with Crippen LogP contribution in [0.4, 0.5) is 17.6 Å². The second-order valence-electron chi connectivity index (χ2n) is 7.67. The Labute approximate surface area is 207 Å². The molecule has 0 radical (unpaired) electrons. The quantitative estimate of drug-likeness (QED) is 0.323. The molecular formula is C23H22F4N4O6. The summed E-state index contributed by atoms with van der Waals surface area (Å²) in [5.74, 6) is -2.53. The molecule has 14 heteroatoms. The number of nitrogens with one attached hydrogen (secondary N) is 1. The number of amides is 2. The van der Waals surface area contributed by atoms with Gasteiger partial charge in [-0.25, -0.2) is 9.37 Å². The largest absolute Gasteiger partial charge is 0.481 e. The highest BCUT2D eigenvalue weighted by atomic mass is 19.4. The van der Waals surface area contributed by atoms with E-state index in [1.54, 1.807) is 6.92 Å². The maximum atomic E-state index is 14.6. The third-order valence-corrected chi connectivity index (χ3v) is 4.93. The summed E-state index contributed by atoms with van der Waals surface area (Å²) in [6.07, 6.45) is -3.52. The van der Waals surface area contributed by atoms with E-state index >= 15 is 0 Å². The Morgan fingerprint density at radius 3 is 2.54 bits per heavy atom. The molecule has 2 heterocycles. The molecule has 2 unspecified atom stereocenters. The van der Waals surface area contributed by atoms with Gasteiger partial charge in [0.15, 0.2) is 18.5 Å². The van der Waals surface area contributed by atoms with Crippen molar-refractivity contribution in [2.75, 3.05) is 13.2 Å². The van der Waals surface area contributed by atoms with E-state index in [1.165, 1.54) is 36.5 Å². The standard InChI is InChI=1S/C23H22F4N4O6/c1-2-18(36-13-4-6-20(29-9-13)35-11-23(25,26)27)19-8-16(31-37-19)12-3-5-14(15(24)7-12)22(34)30-17(10-32)21(28)33/h3-9,17-18,32H,2,10-11H2,1H3,(H2,28,33)(H,30,34). The molecule has 0 fully saturated rings. The van der Waals surface area contributed by atoms with Crippen LogP contribution in [0.5, 0.6) is 11.6 Å². The Bertz CT molecular complexity index is 1230. The van der Waals surface area contributed by atoms with Gasteiger partial charge in [-0.15, -0.1) is 0 Å². The number of nitrogens with zero attached hydrogens (tertiary/aromatic N) is 2.